The molecule has 0 amide bonds. The molecule has 2 unspecified atom stereocenters. The lowest BCUT2D eigenvalue weighted by Gasteiger charge is -2.26. The number of aromatic nitrogens is 3. The van der Waals surface area contributed by atoms with Gasteiger partial charge in [0.25, 0.3) is 5.56 Å². The number of aromatic amines is 1. The van der Waals surface area contributed by atoms with Gasteiger partial charge in [-0.3, -0.25) is 14.3 Å². The molecule has 31 heavy (non-hydrogen) atoms. The molecule has 0 radical (unpaired) electrons. The normalized spacial score (nSPS) is 19.8. The van der Waals surface area contributed by atoms with Gasteiger partial charge < -0.3 is 25.5 Å². The van der Waals surface area contributed by atoms with Crippen molar-refractivity contribution >= 4 is 22.3 Å². The Morgan fingerprint density at radius 2 is 2.13 bits per heavy atom. The van der Waals surface area contributed by atoms with Gasteiger partial charge in [-0.15, -0.1) is 0 Å². The highest BCUT2D eigenvalue weighted by atomic mass is 19.1. The molecule has 5 N–H and O–H groups in total. The van der Waals surface area contributed by atoms with Crippen molar-refractivity contribution in [2.45, 2.75) is 31.3 Å². The number of methoxy groups -OCH3 is 1. The number of hydrogen-bond donors (Lipinski definition) is 3. The summed E-state index contributed by atoms with van der Waals surface area (Å²) in [6.45, 7) is 0.939. The van der Waals surface area contributed by atoms with Crippen molar-refractivity contribution in [3.63, 3.8) is 0 Å². The first kappa shape index (κ1) is 19.6. The van der Waals surface area contributed by atoms with E-state index in [-0.39, 0.29) is 46.0 Å². The predicted octanol–water partition coefficient (Wildman–Crippen LogP) is 1.27. The van der Waals surface area contributed by atoms with Gasteiger partial charge in [0.2, 0.25) is 0 Å². The topological polar surface area (TPSA) is 145 Å². The van der Waals surface area contributed by atoms with Crippen molar-refractivity contribution in [2.75, 3.05) is 30.8 Å². The summed E-state index contributed by atoms with van der Waals surface area (Å²) in [4.78, 5) is 33.3. The van der Waals surface area contributed by atoms with E-state index in [9.17, 15) is 9.59 Å². The van der Waals surface area contributed by atoms with Gasteiger partial charge in [0, 0.05) is 19.1 Å². The molecule has 1 aliphatic carbocycles. The number of nitrogens with one attached hydrogen (secondary N) is 1. The summed E-state index contributed by atoms with van der Waals surface area (Å²) in [5, 5.41) is -0.0698. The molecule has 10 nitrogen and oxygen atoms in total. The molecule has 1 saturated carbocycles. The fourth-order valence-electron chi connectivity index (χ4n) is 4.54. The Labute approximate surface area is 175 Å². The Balaban J connectivity index is 1.66. The molecule has 2 atom stereocenters. The zero-order valence-corrected chi connectivity index (χ0v) is 16.9. The molecule has 5 rings (SSSR count). The molecule has 11 heteroatoms. The van der Waals surface area contributed by atoms with Gasteiger partial charge in [0.1, 0.15) is 17.5 Å². The van der Waals surface area contributed by atoms with Crippen molar-refractivity contribution in [1.29, 1.82) is 0 Å². The van der Waals surface area contributed by atoms with Crippen molar-refractivity contribution in [3.8, 4) is 5.75 Å². The average molecular weight is 430 g/mol. The maximum Gasteiger partial charge on any atom is 0.329 e. The Hall–Kier alpha value is -3.34. The van der Waals surface area contributed by atoms with E-state index in [1.807, 2.05) is 0 Å². The molecule has 0 bridgehead atoms. The van der Waals surface area contributed by atoms with Crippen LogP contribution in [0.4, 0.5) is 15.8 Å². The third-order valence-corrected chi connectivity index (χ3v) is 6.25. The molecular weight excluding hydrogens is 407 g/mol. The van der Waals surface area contributed by atoms with E-state index in [1.54, 1.807) is 4.90 Å². The number of halogens is 1. The second-order valence-corrected chi connectivity index (χ2v) is 8.13. The van der Waals surface area contributed by atoms with Gasteiger partial charge in [-0.25, -0.2) is 14.2 Å². The van der Waals surface area contributed by atoms with Crippen LogP contribution in [0.1, 0.15) is 37.0 Å². The van der Waals surface area contributed by atoms with Crippen LogP contribution in [0.15, 0.2) is 26.7 Å². The lowest BCUT2D eigenvalue weighted by atomic mass is 9.97. The summed E-state index contributed by atoms with van der Waals surface area (Å²) in [6.07, 6.45) is 5.09. The number of H-pyrrole nitrogens is 1. The van der Waals surface area contributed by atoms with Crippen molar-refractivity contribution in [1.82, 2.24) is 14.5 Å². The van der Waals surface area contributed by atoms with Crippen LogP contribution in [0.5, 0.6) is 5.75 Å². The Morgan fingerprint density at radius 3 is 2.77 bits per heavy atom. The van der Waals surface area contributed by atoms with Crippen molar-refractivity contribution in [2.24, 2.45) is 11.7 Å². The highest BCUT2D eigenvalue weighted by Gasteiger charge is 2.36. The van der Waals surface area contributed by atoms with Crippen LogP contribution in [-0.4, -0.2) is 34.7 Å². The summed E-state index contributed by atoms with van der Waals surface area (Å²) in [5.41, 5.74) is 11.8. The molecule has 1 aromatic carbocycles. The predicted molar refractivity (Wildman–Crippen MR) is 112 cm³/mol. The van der Waals surface area contributed by atoms with Crippen molar-refractivity contribution in [3.05, 3.63) is 45.0 Å². The van der Waals surface area contributed by atoms with Crippen LogP contribution in [0.25, 0.3) is 10.9 Å². The standard InChI is InChI=1S/C20H23FN6O4/c1-30-18-16-12(19(28)25-20(29)27(16)10-2-3-10)15(23)13(21)17(18)26-5-4-9(6-26)14(22)11-7-31-8-24-11/h7-10,14H,2-6,22-23H2,1H3,(H,25,28,29). The monoisotopic (exact) mass is 430 g/mol. The minimum absolute atomic E-state index is 0.00377. The summed E-state index contributed by atoms with van der Waals surface area (Å²) in [6, 6.07) is -0.450. The Bertz CT molecular complexity index is 1260. The molecule has 1 aliphatic heterocycles. The van der Waals surface area contributed by atoms with Gasteiger partial charge in [-0.2, -0.15) is 0 Å². The molecule has 2 fully saturated rings. The van der Waals surface area contributed by atoms with Crippen molar-refractivity contribution < 1.29 is 13.5 Å². The van der Waals surface area contributed by atoms with E-state index in [1.165, 1.54) is 24.3 Å². The fraction of sp³-hybridized carbons (Fsp3) is 0.450. The fourth-order valence-corrected chi connectivity index (χ4v) is 4.54. The maximum absolute atomic E-state index is 15.5. The highest BCUT2D eigenvalue weighted by molar-refractivity contribution is 5.99. The van der Waals surface area contributed by atoms with Gasteiger partial charge in [-0.1, -0.05) is 0 Å². The zero-order valence-electron chi connectivity index (χ0n) is 16.9. The van der Waals surface area contributed by atoms with Gasteiger partial charge >= 0.3 is 5.69 Å². The minimum Gasteiger partial charge on any atom is -0.492 e. The molecular formula is C20H23FN6O4. The summed E-state index contributed by atoms with van der Waals surface area (Å²) in [5.74, 6) is -0.616. The highest BCUT2D eigenvalue weighted by Crippen LogP contribution is 2.46. The zero-order chi connectivity index (χ0) is 21.9. The first-order chi connectivity index (χ1) is 14.9. The van der Waals surface area contributed by atoms with Crippen LogP contribution in [-0.2, 0) is 0 Å². The quantitative estimate of drug-likeness (QED) is 0.513. The number of anilines is 2. The number of ether oxygens (including phenoxy) is 1. The number of fused-ring (bicyclic) bond motifs is 1. The molecule has 3 heterocycles. The average Bonchev–Trinajstić information content (AvgIpc) is 3.23. The first-order valence-corrected chi connectivity index (χ1v) is 10.1. The minimum atomic E-state index is -0.744. The summed E-state index contributed by atoms with van der Waals surface area (Å²) in [7, 11) is 1.39. The molecule has 0 spiro atoms. The van der Waals surface area contributed by atoms with Crippen LogP contribution in [0.2, 0.25) is 0 Å². The van der Waals surface area contributed by atoms with Crippen LogP contribution < -0.4 is 32.4 Å². The third-order valence-electron chi connectivity index (χ3n) is 6.25. The molecule has 164 valence electrons. The number of rotatable bonds is 5. The molecule has 2 aromatic heterocycles. The summed E-state index contributed by atoms with van der Waals surface area (Å²) >= 11 is 0. The number of nitrogens with zero attached hydrogens (tertiary/aromatic N) is 3. The number of benzene rings is 1. The van der Waals surface area contributed by atoms with E-state index in [0.717, 1.165) is 12.8 Å². The number of hydrogen-bond acceptors (Lipinski definition) is 8. The number of nitrogens with two attached hydrogens (primary N) is 2. The Morgan fingerprint density at radius 1 is 1.35 bits per heavy atom. The van der Waals surface area contributed by atoms with E-state index in [0.29, 0.717) is 25.2 Å². The first-order valence-electron chi connectivity index (χ1n) is 10.1. The van der Waals surface area contributed by atoms with Crippen LogP contribution in [0.3, 0.4) is 0 Å². The molecule has 3 aromatic rings. The van der Waals surface area contributed by atoms with E-state index < -0.39 is 17.1 Å². The summed E-state index contributed by atoms with van der Waals surface area (Å²) < 4.78 is 27.6. The second-order valence-electron chi connectivity index (χ2n) is 8.13. The lowest BCUT2D eigenvalue weighted by molar-refractivity contribution is 0.412. The van der Waals surface area contributed by atoms with Gasteiger partial charge in [0.05, 0.1) is 29.9 Å². The Kier molecular flexibility index (Phi) is 4.50. The van der Waals surface area contributed by atoms with Gasteiger partial charge in [-0.05, 0) is 25.2 Å². The maximum atomic E-state index is 15.5. The van der Waals surface area contributed by atoms with E-state index >= 15 is 4.39 Å². The third kappa shape index (κ3) is 2.99. The number of nitrogen functional groups attached to an aromatic ring is 1. The van der Waals surface area contributed by atoms with E-state index in [2.05, 4.69) is 9.97 Å². The van der Waals surface area contributed by atoms with Gasteiger partial charge in [0.15, 0.2) is 18.0 Å². The van der Waals surface area contributed by atoms with Crippen LogP contribution in [0, 0.1) is 11.7 Å². The second kappa shape index (κ2) is 7.12. The smallest absolute Gasteiger partial charge is 0.329 e. The largest absolute Gasteiger partial charge is 0.492 e. The molecule has 2 aliphatic rings. The lowest BCUT2D eigenvalue weighted by Crippen LogP contribution is -2.32. The van der Waals surface area contributed by atoms with Crippen LogP contribution >= 0.6 is 0 Å². The SMILES string of the molecule is COc1c(N2CCC(C(N)c3cocn3)C2)c(F)c(N)c2c(=O)[nH]c(=O)n(C3CC3)c12. The molecule has 1 saturated heterocycles. The van der Waals surface area contributed by atoms with E-state index in [4.69, 9.17) is 20.6 Å². The number of oxazole rings is 1.